The Morgan fingerprint density at radius 3 is 2.61 bits per heavy atom. The Bertz CT molecular complexity index is 819. The number of nitrogens with one attached hydrogen (secondary N) is 1. The third kappa shape index (κ3) is 2.62. The van der Waals surface area contributed by atoms with E-state index in [0.29, 0.717) is 16.3 Å². The van der Waals surface area contributed by atoms with E-state index in [2.05, 4.69) is 5.32 Å². The molecule has 6 heteroatoms. The molecular formula is C17H13ClFNO3. The lowest BCUT2D eigenvalue weighted by molar-refractivity contribution is -0.133. The highest BCUT2D eigenvalue weighted by Gasteiger charge is 2.47. The van der Waals surface area contributed by atoms with Gasteiger partial charge in [0, 0.05) is 16.1 Å². The van der Waals surface area contributed by atoms with Gasteiger partial charge in [-0.2, -0.15) is 0 Å². The Morgan fingerprint density at radius 1 is 1.30 bits per heavy atom. The summed E-state index contributed by atoms with van der Waals surface area (Å²) in [4.78, 5) is 24.6. The molecule has 0 fully saturated rings. The van der Waals surface area contributed by atoms with E-state index in [1.807, 2.05) is 0 Å². The molecule has 2 N–H and O–H groups in total. The lowest BCUT2D eigenvalue weighted by Crippen LogP contribution is -2.36. The van der Waals surface area contributed by atoms with E-state index in [0.717, 1.165) is 12.1 Å². The highest BCUT2D eigenvalue weighted by Crippen LogP contribution is 2.42. The van der Waals surface area contributed by atoms with Crippen LogP contribution < -0.4 is 5.32 Å². The molecule has 2 aromatic rings. The van der Waals surface area contributed by atoms with Crippen LogP contribution >= 0.6 is 11.6 Å². The average molecular weight is 334 g/mol. The zero-order valence-electron chi connectivity index (χ0n) is 12.2. The second kappa shape index (κ2) is 5.44. The van der Waals surface area contributed by atoms with Crippen molar-refractivity contribution in [3.05, 3.63) is 63.9 Å². The van der Waals surface area contributed by atoms with Gasteiger partial charge < -0.3 is 10.4 Å². The monoisotopic (exact) mass is 333 g/mol. The van der Waals surface area contributed by atoms with Gasteiger partial charge in [-0.3, -0.25) is 9.59 Å². The standard InChI is InChI=1S/C17H13ClFNO3/c1-9-6-11(18)7-13-15(9)20-16(22)17(13,23)8-14(21)10-2-4-12(19)5-3-10/h2-7,23H,8H2,1H3,(H,20,22)/t17-/m0/s1. The lowest BCUT2D eigenvalue weighted by Gasteiger charge is -2.20. The topological polar surface area (TPSA) is 66.4 Å². The van der Waals surface area contributed by atoms with Crippen LogP contribution in [0.15, 0.2) is 36.4 Å². The zero-order chi connectivity index (χ0) is 16.8. The number of amides is 1. The van der Waals surface area contributed by atoms with E-state index < -0.39 is 29.5 Å². The first-order chi connectivity index (χ1) is 10.8. The van der Waals surface area contributed by atoms with Gasteiger partial charge in [-0.1, -0.05) is 11.6 Å². The third-order valence-electron chi connectivity index (χ3n) is 3.94. The molecule has 2 aromatic carbocycles. The summed E-state index contributed by atoms with van der Waals surface area (Å²) in [5.41, 5.74) is -0.321. The van der Waals surface area contributed by atoms with E-state index in [4.69, 9.17) is 11.6 Å². The number of carbonyl (C=O) groups is 2. The van der Waals surface area contributed by atoms with Gasteiger partial charge >= 0.3 is 0 Å². The van der Waals surface area contributed by atoms with E-state index >= 15 is 0 Å². The van der Waals surface area contributed by atoms with Gasteiger partial charge in [0.05, 0.1) is 12.1 Å². The molecule has 0 bridgehead atoms. The van der Waals surface area contributed by atoms with Crippen molar-refractivity contribution < 1.29 is 19.1 Å². The molecule has 3 rings (SSSR count). The number of anilines is 1. The first-order valence-electron chi connectivity index (χ1n) is 6.94. The van der Waals surface area contributed by atoms with Crippen LogP contribution in [-0.4, -0.2) is 16.8 Å². The van der Waals surface area contributed by atoms with Crippen molar-refractivity contribution in [2.24, 2.45) is 0 Å². The number of rotatable bonds is 3. The van der Waals surface area contributed by atoms with Gasteiger partial charge in [-0.05, 0) is 48.9 Å². The highest BCUT2D eigenvalue weighted by molar-refractivity contribution is 6.31. The van der Waals surface area contributed by atoms with Crippen LogP contribution in [0.5, 0.6) is 0 Å². The largest absolute Gasteiger partial charge is 0.375 e. The Kier molecular flexibility index (Phi) is 3.70. The fraction of sp³-hybridized carbons (Fsp3) is 0.176. The molecule has 0 aromatic heterocycles. The Hall–Kier alpha value is -2.24. The molecule has 1 atom stereocenters. The van der Waals surface area contributed by atoms with Crippen LogP contribution in [-0.2, 0) is 10.4 Å². The van der Waals surface area contributed by atoms with Crippen LogP contribution in [0.4, 0.5) is 10.1 Å². The minimum absolute atomic E-state index is 0.222. The highest BCUT2D eigenvalue weighted by atomic mass is 35.5. The van der Waals surface area contributed by atoms with Gasteiger partial charge in [0.25, 0.3) is 5.91 Å². The Morgan fingerprint density at radius 2 is 1.96 bits per heavy atom. The number of benzene rings is 2. The zero-order valence-corrected chi connectivity index (χ0v) is 12.9. The minimum atomic E-state index is -1.99. The van der Waals surface area contributed by atoms with Gasteiger partial charge in [0.1, 0.15) is 5.82 Å². The van der Waals surface area contributed by atoms with Crippen molar-refractivity contribution in [1.82, 2.24) is 0 Å². The normalized spacial score (nSPS) is 19.4. The second-order valence-corrected chi connectivity index (χ2v) is 6.00. The molecule has 1 amide bonds. The number of fused-ring (bicyclic) bond motifs is 1. The molecule has 4 nitrogen and oxygen atoms in total. The Labute approximate surface area is 136 Å². The molecule has 1 aliphatic heterocycles. The fourth-order valence-electron chi connectivity index (χ4n) is 2.72. The van der Waals surface area contributed by atoms with Crippen molar-refractivity contribution in [1.29, 1.82) is 0 Å². The second-order valence-electron chi connectivity index (χ2n) is 5.57. The quantitative estimate of drug-likeness (QED) is 0.848. The number of hydrogen-bond acceptors (Lipinski definition) is 3. The van der Waals surface area contributed by atoms with Crippen LogP contribution in [0, 0.1) is 12.7 Å². The molecule has 0 unspecified atom stereocenters. The van der Waals surface area contributed by atoms with Gasteiger partial charge in [-0.15, -0.1) is 0 Å². The molecule has 0 spiro atoms. The van der Waals surface area contributed by atoms with Gasteiger partial charge in [0.2, 0.25) is 0 Å². The summed E-state index contributed by atoms with van der Waals surface area (Å²) in [5, 5.41) is 13.7. The predicted molar refractivity (Wildman–Crippen MR) is 84.1 cm³/mol. The molecule has 1 heterocycles. The maximum Gasteiger partial charge on any atom is 0.261 e. The number of halogens is 2. The summed E-state index contributed by atoms with van der Waals surface area (Å²) >= 11 is 6.00. The molecule has 0 aliphatic carbocycles. The number of hydrogen-bond donors (Lipinski definition) is 2. The predicted octanol–water partition coefficient (Wildman–Crippen LogP) is 3.20. The number of aryl methyl sites for hydroxylation is 1. The summed E-state index contributed by atoms with van der Waals surface area (Å²) in [5.74, 6) is -1.60. The van der Waals surface area contributed by atoms with Gasteiger partial charge in [-0.25, -0.2) is 4.39 Å². The van der Waals surface area contributed by atoms with Crippen LogP contribution in [0.2, 0.25) is 5.02 Å². The lowest BCUT2D eigenvalue weighted by atomic mass is 9.87. The van der Waals surface area contributed by atoms with Crippen molar-refractivity contribution in [2.75, 3.05) is 5.32 Å². The molecule has 118 valence electrons. The maximum absolute atomic E-state index is 12.9. The maximum atomic E-state index is 12.9. The van der Waals surface area contributed by atoms with E-state index in [1.54, 1.807) is 13.0 Å². The molecule has 23 heavy (non-hydrogen) atoms. The SMILES string of the molecule is Cc1cc(Cl)cc2c1NC(=O)[C@]2(O)CC(=O)c1ccc(F)cc1. The first-order valence-corrected chi connectivity index (χ1v) is 7.32. The average Bonchev–Trinajstić information content (AvgIpc) is 2.73. The summed E-state index contributed by atoms with van der Waals surface area (Å²) in [6, 6.07) is 8.08. The van der Waals surface area contributed by atoms with Gasteiger partial charge in [0.15, 0.2) is 11.4 Å². The van der Waals surface area contributed by atoms with Crippen molar-refractivity contribution in [2.45, 2.75) is 18.9 Å². The number of Topliss-reactive ketones (excluding diaryl/α,β-unsaturated/α-hetero) is 1. The van der Waals surface area contributed by atoms with Crippen LogP contribution in [0.1, 0.15) is 27.9 Å². The summed E-state index contributed by atoms with van der Waals surface area (Å²) < 4.78 is 12.9. The molecule has 1 aliphatic rings. The summed E-state index contributed by atoms with van der Waals surface area (Å²) in [6.07, 6.45) is -0.447. The van der Waals surface area contributed by atoms with E-state index in [-0.39, 0.29) is 11.1 Å². The Balaban J connectivity index is 1.98. The molecular weight excluding hydrogens is 321 g/mol. The van der Waals surface area contributed by atoms with E-state index in [1.165, 1.54) is 18.2 Å². The van der Waals surface area contributed by atoms with Crippen molar-refractivity contribution in [3.8, 4) is 0 Å². The summed E-state index contributed by atoms with van der Waals surface area (Å²) in [6.45, 7) is 1.75. The van der Waals surface area contributed by atoms with Crippen LogP contribution in [0.25, 0.3) is 0 Å². The molecule has 0 radical (unpaired) electrons. The smallest absolute Gasteiger partial charge is 0.261 e. The molecule has 0 saturated heterocycles. The number of ketones is 1. The van der Waals surface area contributed by atoms with Crippen LogP contribution in [0.3, 0.4) is 0 Å². The van der Waals surface area contributed by atoms with E-state index in [9.17, 15) is 19.1 Å². The number of carbonyl (C=O) groups excluding carboxylic acids is 2. The molecule has 0 saturated carbocycles. The summed E-state index contributed by atoms with van der Waals surface area (Å²) in [7, 11) is 0. The van der Waals surface area contributed by atoms with Crippen molar-refractivity contribution in [3.63, 3.8) is 0 Å². The number of aliphatic hydroxyl groups is 1. The minimum Gasteiger partial charge on any atom is -0.375 e. The third-order valence-corrected chi connectivity index (χ3v) is 4.16. The fourth-order valence-corrected chi connectivity index (χ4v) is 2.99. The van der Waals surface area contributed by atoms with Crippen molar-refractivity contribution >= 4 is 29.0 Å². The first kappa shape index (κ1) is 15.6.